The van der Waals surface area contributed by atoms with Crippen molar-refractivity contribution in [3.63, 3.8) is 0 Å². The van der Waals surface area contributed by atoms with Crippen LogP contribution in [0.2, 0.25) is 0 Å². The summed E-state index contributed by atoms with van der Waals surface area (Å²) in [6, 6.07) is 15.7. The number of halogens is 3. The summed E-state index contributed by atoms with van der Waals surface area (Å²) in [5.74, 6) is -0.303. The van der Waals surface area contributed by atoms with Crippen molar-refractivity contribution in [1.82, 2.24) is 14.9 Å². The lowest BCUT2D eigenvalue weighted by Gasteiger charge is -2.16. The second kappa shape index (κ2) is 10.7. The smallest absolute Gasteiger partial charge is 0.356 e. The number of hydrogen-bond donors (Lipinski definition) is 1. The summed E-state index contributed by atoms with van der Waals surface area (Å²) in [5.41, 5.74) is 2.40. The number of hydrogen-bond acceptors (Lipinski definition) is 4. The first-order valence-electron chi connectivity index (χ1n) is 10.4. The van der Waals surface area contributed by atoms with Crippen LogP contribution in [0.3, 0.4) is 0 Å². The number of imidazole rings is 1. The number of thioether (sulfide) groups is 1. The summed E-state index contributed by atoms with van der Waals surface area (Å²) in [6.07, 6.45) is -2.39. The highest BCUT2D eigenvalue weighted by atomic mass is 32.2. The highest BCUT2D eigenvalue weighted by Gasteiger charge is 2.31. The quantitative estimate of drug-likeness (QED) is 0.343. The molecule has 1 heterocycles. The monoisotopic (exact) mass is 475 g/mol. The molecule has 0 fully saturated rings. The maximum Gasteiger partial charge on any atom is 0.406 e. The summed E-state index contributed by atoms with van der Waals surface area (Å²) in [7, 11) is 0. The average Bonchev–Trinajstić information content (AvgIpc) is 3.14. The van der Waals surface area contributed by atoms with Crippen LogP contribution in [0, 0.1) is 0 Å². The van der Waals surface area contributed by atoms with Gasteiger partial charge in [0.15, 0.2) is 10.9 Å². The van der Waals surface area contributed by atoms with Crippen LogP contribution in [0.1, 0.15) is 29.8 Å². The van der Waals surface area contributed by atoms with Gasteiger partial charge in [0.1, 0.15) is 6.54 Å². The van der Waals surface area contributed by atoms with Gasteiger partial charge in [-0.05, 0) is 24.5 Å². The number of aromatic nitrogens is 2. The van der Waals surface area contributed by atoms with Crippen molar-refractivity contribution in [1.29, 1.82) is 0 Å². The summed E-state index contributed by atoms with van der Waals surface area (Å²) in [4.78, 5) is 28.1. The molecule has 0 spiro atoms. The van der Waals surface area contributed by atoms with E-state index in [1.54, 1.807) is 49.4 Å². The van der Waals surface area contributed by atoms with Crippen LogP contribution in [0.15, 0.2) is 66.0 Å². The number of nitrogens with zero attached hydrogens (tertiary/aromatic N) is 2. The molecule has 0 saturated heterocycles. The number of carbonyl (C=O) groups is 2. The van der Waals surface area contributed by atoms with Crippen molar-refractivity contribution in [3.8, 4) is 11.3 Å². The zero-order chi connectivity index (χ0) is 24.0. The zero-order valence-corrected chi connectivity index (χ0v) is 19.0. The van der Waals surface area contributed by atoms with Gasteiger partial charge in [-0.3, -0.25) is 9.59 Å². The highest BCUT2D eigenvalue weighted by Crippen LogP contribution is 2.32. The van der Waals surface area contributed by atoms with Crippen molar-refractivity contribution in [2.75, 3.05) is 6.54 Å². The van der Waals surface area contributed by atoms with Crippen LogP contribution >= 0.6 is 11.8 Å². The third-order valence-corrected chi connectivity index (χ3v) is 6.01. The standard InChI is InChI=1S/C24H24F3N3O2S/c1-16(22(32)20-10-8-18(9-11-20)12-13-28-17(2)31)33-23-29-14-21(19-6-4-3-5-7-19)30(23)15-24(25,26)27/h3-11,14,16H,12-13,15H2,1-2H3,(H,28,31). The lowest BCUT2D eigenvalue weighted by atomic mass is 10.0. The summed E-state index contributed by atoms with van der Waals surface area (Å²) >= 11 is 1.01. The van der Waals surface area contributed by atoms with Gasteiger partial charge in [-0.15, -0.1) is 0 Å². The minimum atomic E-state index is -4.43. The lowest BCUT2D eigenvalue weighted by molar-refractivity contribution is -0.141. The molecule has 1 unspecified atom stereocenters. The number of amides is 1. The lowest BCUT2D eigenvalue weighted by Crippen LogP contribution is -2.22. The predicted molar refractivity (Wildman–Crippen MR) is 122 cm³/mol. The predicted octanol–water partition coefficient (Wildman–Crippen LogP) is 5.15. The molecule has 0 aliphatic rings. The molecule has 5 nitrogen and oxygen atoms in total. The SMILES string of the molecule is CC(=O)NCCc1ccc(C(=O)C(C)Sc2ncc(-c3ccccc3)n2CC(F)(F)F)cc1. The van der Waals surface area contributed by atoms with E-state index in [-0.39, 0.29) is 16.8 Å². The number of Topliss-reactive ketones (excluding diaryl/α,β-unsaturated/α-hetero) is 1. The van der Waals surface area contributed by atoms with E-state index >= 15 is 0 Å². The maximum absolute atomic E-state index is 13.3. The molecule has 1 N–H and O–H groups in total. The largest absolute Gasteiger partial charge is 0.406 e. The van der Waals surface area contributed by atoms with E-state index < -0.39 is 18.0 Å². The number of benzene rings is 2. The van der Waals surface area contributed by atoms with Gasteiger partial charge in [0.05, 0.1) is 17.1 Å². The van der Waals surface area contributed by atoms with Crippen LogP contribution in [0.25, 0.3) is 11.3 Å². The Morgan fingerprint density at radius 1 is 1.09 bits per heavy atom. The molecule has 2 aromatic carbocycles. The number of nitrogens with one attached hydrogen (secondary N) is 1. The normalized spacial score (nSPS) is 12.4. The molecular formula is C24H24F3N3O2S. The average molecular weight is 476 g/mol. The van der Waals surface area contributed by atoms with Crippen molar-refractivity contribution in [2.24, 2.45) is 0 Å². The number of rotatable bonds is 9. The molecule has 1 atom stereocenters. The third kappa shape index (κ3) is 6.95. The molecule has 33 heavy (non-hydrogen) atoms. The first-order chi connectivity index (χ1) is 15.6. The molecule has 0 aliphatic heterocycles. The first-order valence-corrected chi connectivity index (χ1v) is 11.2. The second-order valence-corrected chi connectivity index (χ2v) is 8.86. The Morgan fingerprint density at radius 2 is 1.76 bits per heavy atom. The topological polar surface area (TPSA) is 64.0 Å². The minimum Gasteiger partial charge on any atom is -0.356 e. The van der Waals surface area contributed by atoms with E-state index in [1.807, 2.05) is 12.1 Å². The van der Waals surface area contributed by atoms with Gasteiger partial charge < -0.3 is 9.88 Å². The molecule has 1 aromatic heterocycles. The fraction of sp³-hybridized carbons (Fsp3) is 0.292. The van der Waals surface area contributed by atoms with Crippen molar-refractivity contribution < 1.29 is 22.8 Å². The fourth-order valence-corrected chi connectivity index (χ4v) is 4.25. The van der Waals surface area contributed by atoms with E-state index in [0.717, 1.165) is 21.9 Å². The summed E-state index contributed by atoms with van der Waals surface area (Å²) < 4.78 is 40.9. The molecule has 9 heteroatoms. The Bertz CT molecular complexity index is 1100. The van der Waals surface area contributed by atoms with Crippen LogP contribution in [-0.2, 0) is 17.8 Å². The van der Waals surface area contributed by atoms with Crippen LogP contribution < -0.4 is 5.32 Å². The maximum atomic E-state index is 13.3. The van der Waals surface area contributed by atoms with E-state index in [9.17, 15) is 22.8 Å². The summed E-state index contributed by atoms with van der Waals surface area (Å²) in [5, 5.41) is 2.22. The van der Waals surface area contributed by atoms with E-state index in [1.165, 1.54) is 13.1 Å². The minimum absolute atomic E-state index is 0.105. The zero-order valence-electron chi connectivity index (χ0n) is 18.2. The third-order valence-electron chi connectivity index (χ3n) is 4.90. The van der Waals surface area contributed by atoms with Crippen molar-refractivity contribution >= 4 is 23.5 Å². The second-order valence-electron chi connectivity index (χ2n) is 7.55. The molecule has 3 aromatic rings. The van der Waals surface area contributed by atoms with Crippen molar-refractivity contribution in [2.45, 2.75) is 43.4 Å². The molecule has 3 rings (SSSR count). The first kappa shape index (κ1) is 24.6. The molecule has 0 saturated carbocycles. The Hall–Kier alpha value is -3.07. The number of alkyl halides is 3. The molecular weight excluding hydrogens is 451 g/mol. The molecule has 0 bridgehead atoms. The Kier molecular flexibility index (Phi) is 7.97. The molecule has 1 amide bonds. The molecule has 0 aliphatic carbocycles. The van der Waals surface area contributed by atoms with Gasteiger partial charge in [0.2, 0.25) is 5.91 Å². The molecule has 0 radical (unpaired) electrons. The Morgan fingerprint density at radius 3 is 2.36 bits per heavy atom. The highest BCUT2D eigenvalue weighted by molar-refractivity contribution is 8.00. The summed E-state index contributed by atoms with van der Waals surface area (Å²) in [6.45, 7) is 2.42. The van der Waals surface area contributed by atoms with Gasteiger partial charge in [0, 0.05) is 19.0 Å². The van der Waals surface area contributed by atoms with Crippen LogP contribution in [-0.4, -0.2) is 39.2 Å². The van der Waals surface area contributed by atoms with Crippen molar-refractivity contribution in [3.05, 3.63) is 71.9 Å². The fourth-order valence-electron chi connectivity index (χ4n) is 3.29. The Labute approximate surface area is 194 Å². The van der Waals surface area contributed by atoms with Crippen LogP contribution in [0.5, 0.6) is 0 Å². The Balaban J connectivity index is 1.75. The number of ketones is 1. The van der Waals surface area contributed by atoms with Gasteiger partial charge in [-0.25, -0.2) is 4.98 Å². The number of carbonyl (C=O) groups excluding carboxylic acids is 2. The molecule has 174 valence electrons. The van der Waals surface area contributed by atoms with Gasteiger partial charge >= 0.3 is 6.18 Å². The van der Waals surface area contributed by atoms with E-state index in [4.69, 9.17) is 0 Å². The van der Waals surface area contributed by atoms with Gasteiger partial charge in [0.25, 0.3) is 0 Å². The van der Waals surface area contributed by atoms with Gasteiger partial charge in [-0.2, -0.15) is 13.2 Å². The van der Waals surface area contributed by atoms with E-state index in [0.29, 0.717) is 29.8 Å². The van der Waals surface area contributed by atoms with Gasteiger partial charge in [-0.1, -0.05) is 66.4 Å². The van der Waals surface area contributed by atoms with Crippen LogP contribution in [0.4, 0.5) is 13.2 Å². The van der Waals surface area contributed by atoms with E-state index in [2.05, 4.69) is 10.3 Å².